The number of anilines is 4. The number of carbonyl (C=O) groups excluding carboxylic acids is 6. The second-order valence-corrected chi connectivity index (χ2v) is 21.3. The van der Waals surface area contributed by atoms with Gasteiger partial charge in [-0.05, 0) is 108 Å². The number of aromatic nitrogens is 3. The quantitative estimate of drug-likeness (QED) is 0.0320. The Bertz CT molecular complexity index is 2810. The van der Waals surface area contributed by atoms with Gasteiger partial charge in [-0.15, -0.1) is 10.2 Å². The molecule has 2 bridgehead atoms. The van der Waals surface area contributed by atoms with E-state index in [1.165, 1.54) is 0 Å². The Morgan fingerprint density at radius 3 is 2.31 bits per heavy atom. The third kappa shape index (κ3) is 15.3. The van der Waals surface area contributed by atoms with E-state index in [1.807, 2.05) is 63.2 Å². The average Bonchev–Trinajstić information content (AvgIpc) is 3.67. The number of carboxylic acids is 1. The Kier molecular flexibility index (Phi) is 20.5. The zero-order chi connectivity index (χ0) is 56.3. The van der Waals surface area contributed by atoms with Crippen LogP contribution in [0.1, 0.15) is 78.2 Å². The molecule has 1 aliphatic carbocycles. The SMILES string of the molecule is COCOc1ccccc1-c1cc(N2CC3CCC(C2)N3c2ccnc(OCCN3CCN(C(=O)OC(C)(C)C)C[C@H]3C)c2)c(NC(=O)OCc2ccc(NC(=O)C(CCCNC(N)=O)NC(=O)C3(C(=O)[O-])CCC3)cc2)nn1.[Li+]. The minimum atomic E-state index is -1.70. The molecule has 6 N–H and O–H groups in total. The Hall–Kier alpha value is -7.39. The summed E-state index contributed by atoms with van der Waals surface area (Å²) in [7, 11) is 1.54. The van der Waals surface area contributed by atoms with E-state index >= 15 is 0 Å². The number of aliphatic carboxylic acids is 1. The van der Waals surface area contributed by atoms with Gasteiger partial charge >= 0.3 is 37.1 Å². The number of methoxy groups -OCH3 is 1. The van der Waals surface area contributed by atoms with Crippen LogP contribution in [0.4, 0.5) is 37.3 Å². The molecule has 0 radical (unpaired) electrons. The maximum atomic E-state index is 13.6. The first-order chi connectivity index (χ1) is 37.9. The van der Waals surface area contributed by atoms with Crippen LogP contribution >= 0.6 is 0 Å². The number of ether oxygens (including phenoxy) is 5. The zero-order valence-electron chi connectivity index (χ0n) is 46.4. The van der Waals surface area contributed by atoms with Crippen LogP contribution in [-0.2, 0) is 35.2 Å². The minimum absolute atomic E-state index is 0. The number of piperazine rings is 2. The van der Waals surface area contributed by atoms with E-state index in [9.17, 15) is 33.9 Å². The number of para-hydroxylation sites is 1. The number of pyridine rings is 1. The molecular formula is C55H71LiN12O12. The van der Waals surface area contributed by atoms with Gasteiger partial charge in [0.25, 0.3) is 0 Å². The summed E-state index contributed by atoms with van der Waals surface area (Å²) in [5, 5.41) is 31.6. The number of carbonyl (C=O) groups is 6. The van der Waals surface area contributed by atoms with E-state index in [2.05, 4.69) is 58.1 Å². The Labute approximate surface area is 477 Å². The van der Waals surface area contributed by atoms with E-state index in [0.29, 0.717) is 92.1 Å². The van der Waals surface area contributed by atoms with Crippen molar-refractivity contribution in [2.45, 2.75) is 109 Å². The summed E-state index contributed by atoms with van der Waals surface area (Å²) in [6, 6.07) is 18.3. The van der Waals surface area contributed by atoms with Crippen LogP contribution in [0.2, 0.25) is 0 Å². The number of carboxylic acid groups (broad SMARTS) is 1. The van der Waals surface area contributed by atoms with Gasteiger partial charge < -0.3 is 70.0 Å². The van der Waals surface area contributed by atoms with Crippen molar-refractivity contribution < 1.29 is 76.4 Å². The predicted octanol–water partition coefficient (Wildman–Crippen LogP) is 1.24. The molecule has 6 amide bonds. The van der Waals surface area contributed by atoms with E-state index < -0.39 is 47.0 Å². The number of fused-ring (bicyclic) bond motifs is 2. The summed E-state index contributed by atoms with van der Waals surface area (Å²) in [6.07, 6.45) is 3.64. The molecule has 4 atom stereocenters. The summed E-state index contributed by atoms with van der Waals surface area (Å²) in [5.74, 6) is -1.63. The molecule has 0 spiro atoms. The van der Waals surface area contributed by atoms with Crippen LogP contribution < -0.4 is 70.2 Å². The first-order valence-corrected chi connectivity index (χ1v) is 26.7. The van der Waals surface area contributed by atoms with Crippen molar-refractivity contribution in [2.24, 2.45) is 11.1 Å². The second kappa shape index (κ2) is 27.2. The van der Waals surface area contributed by atoms with Crippen LogP contribution in [0.5, 0.6) is 11.6 Å². The van der Waals surface area contributed by atoms with Crippen molar-refractivity contribution in [3.63, 3.8) is 0 Å². The molecule has 25 heteroatoms. The van der Waals surface area contributed by atoms with Crippen LogP contribution in [0.15, 0.2) is 72.9 Å². The predicted molar refractivity (Wildman–Crippen MR) is 289 cm³/mol. The molecule has 24 nitrogen and oxygen atoms in total. The molecular weight excluding hydrogens is 1030 g/mol. The van der Waals surface area contributed by atoms with Crippen molar-refractivity contribution in [1.82, 2.24) is 35.6 Å². The van der Waals surface area contributed by atoms with E-state index in [-0.39, 0.29) is 94.5 Å². The molecule has 424 valence electrons. The number of hydrogen-bond acceptors (Lipinski definition) is 18. The number of amides is 6. The van der Waals surface area contributed by atoms with Gasteiger partial charge in [0.05, 0.1) is 22.8 Å². The van der Waals surface area contributed by atoms with Crippen molar-refractivity contribution in [3.8, 4) is 22.9 Å². The average molecular weight is 1100 g/mol. The van der Waals surface area contributed by atoms with Crippen LogP contribution in [0.25, 0.3) is 11.3 Å². The van der Waals surface area contributed by atoms with Gasteiger partial charge in [0.2, 0.25) is 17.7 Å². The number of nitrogens with one attached hydrogen (secondary N) is 4. The number of rotatable bonds is 22. The van der Waals surface area contributed by atoms with E-state index in [1.54, 1.807) is 42.5 Å². The number of nitrogens with two attached hydrogens (primary N) is 1. The van der Waals surface area contributed by atoms with Crippen LogP contribution in [-0.4, -0.2) is 157 Å². The first kappa shape index (κ1) is 60.3. The summed E-state index contributed by atoms with van der Waals surface area (Å²) >= 11 is 0. The molecule has 3 saturated heterocycles. The molecule has 5 heterocycles. The minimum Gasteiger partial charge on any atom is -0.549 e. The Morgan fingerprint density at radius 1 is 0.912 bits per heavy atom. The summed E-state index contributed by atoms with van der Waals surface area (Å²) in [5.41, 5.74) is 6.71. The molecule has 4 aromatic rings. The molecule has 1 saturated carbocycles. The normalized spacial score (nSPS) is 18.8. The number of hydrogen-bond donors (Lipinski definition) is 5. The molecule has 4 aliphatic rings. The van der Waals surface area contributed by atoms with Crippen LogP contribution in [0.3, 0.4) is 0 Å². The summed E-state index contributed by atoms with van der Waals surface area (Å²) < 4.78 is 28.6. The standard InChI is InChI=1S/C55H72N12O12.Li/c1-35-30-65(53(74)79-54(2,3)4)25-24-64(35)26-27-76-46-28-38(19-23-57-46)67-39-17-18-40(67)32-66(31-39)44-29-43(41-10-6-7-12-45(41)78-34-75-5)62-63-47(44)61-52(73)77-33-36-13-15-37(16-14-36)59-48(68)42(11-8-22-58-51(56)72)60-49(69)55(50(70)71)20-9-21-55;/h6-7,10,12-16,19,23,28-29,35,39-40,42H,8-9,11,17-18,20-22,24-27,30-34H2,1-5H3,(H,59,68)(H,60,69)(H,70,71)(H3,56,58,72)(H,61,63,73);/q;+1/p-1/t35-,39?,40?,42?;/m1./s1. The topological polar surface area (TPSA) is 297 Å². The molecule has 3 unspecified atom stereocenters. The molecule has 2 aromatic heterocycles. The van der Waals surface area contributed by atoms with Crippen molar-refractivity contribution >= 4 is 58.9 Å². The second-order valence-electron chi connectivity index (χ2n) is 21.3. The molecule has 4 fully saturated rings. The molecule has 3 aliphatic heterocycles. The maximum Gasteiger partial charge on any atom is 1.00 e. The van der Waals surface area contributed by atoms with Crippen molar-refractivity contribution in [3.05, 3.63) is 78.5 Å². The molecule has 80 heavy (non-hydrogen) atoms. The fraction of sp³-hybridized carbons (Fsp3) is 0.509. The monoisotopic (exact) mass is 1100 g/mol. The van der Waals surface area contributed by atoms with Gasteiger partial charge in [0, 0.05) is 100 Å². The van der Waals surface area contributed by atoms with Gasteiger partial charge in [0.1, 0.15) is 30.6 Å². The van der Waals surface area contributed by atoms with Crippen molar-refractivity contribution in [2.75, 3.05) is 86.8 Å². The van der Waals surface area contributed by atoms with Gasteiger partial charge in [-0.2, -0.15) is 0 Å². The number of urea groups is 1. The molecule has 2 aromatic carbocycles. The summed E-state index contributed by atoms with van der Waals surface area (Å²) in [6.45, 7) is 11.9. The van der Waals surface area contributed by atoms with Gasteiger partial charge in [-0.3, -0.25) is 19.8 Å². The number of nitrogens with zero attached hydrogens (tertiary/aromatic N) is 7. The fourth-order valence-corrected chi connectivity index (χ4v) is 10.3. The third-order valence-electron chi connectivity index (χ3n) is 14.6. The fourth-order valence-electron chi connectivity index (χ4n) is 10.3. The Balaban J connectivity index is 0.00000924. The van der Waals surface area contributed by atoms with E-state index in [0.717, 1.165) is 18.5 Å². The van der Waals surface area contributed by atoms with Gasteiger partial charge in [0.15, 0.2) is 12.6 Å². The summed E-state index contributed by atoms with van der Waals surface area (Å²) in [4.78, 5) is 89.2. The number of benzene rings is 2. The smallest absolute Gasteiger partial charge is 0.549 e. The number of primary amides is 1. The zero-order valence-corrected chi connectivity index (χ0v) is 46.4. The van der Waals surface area contributed by atoms with Crippen molar-refractivity contribution in [1.29, 1.82) is 0 Å². The van der Waals surface area contributed by atoms with Crippen LogP contribution in [0, 0.1) is 5.41 Å². The maximum absolute atomic E-state index is 13.6. The Morgan fingerprint density at radius 2 is 1.65 bits per heavy atom. The van der Waals surface area contributed by atoms with E-state index in [4.69, 9.17) is 29.4 Å². The van der Waals surface area contributed by atoms with Gasteiger partial charge in [-0.1, -0.05) is 30.7 Å². The largest absolute Gasteiger partial charge is 1.00 e. The first-order valence-electron chi connectivity index (χ1n) is 26.7. The molecule has 8 rings (SSSR count). The van der Waals surface area contributed by atoms with Gasteiger partial charge in [-0.25, -0.2) is 19.4 Å². The third-order valence-corrected chi connectivity index (χ3v) is 14.6.